The number of aryl methyl sites for hydroxylation is 1. The number of Topliss-reactive ketones (excluding diaryl/α,β-unsaturated/α-hetero) is 1. The molecule has 0 saturated carbocycles. The van der Waals surface area contributed by atoms with Crippen molar-refractivity contribution in [1.29, 1.82) is 0 Å². The number of aromatic nitrogens is 3. The van der Waals surface area contributed by atoms with Crippen LogP contribution in [-0.4, -0.2) is 48.3 Å². The molecular formula is C33H28F3N3O6. The van der Waals surface area contributed by atoms with Crippen molar-refractivity contribution >= 4 is 16.8 Å². The van der Waals surface area contributed by atoms with E-state index in [4.69, 9.17) is 18.9 Å². The van der Waals surface area contributed by atoms with Gasteiger partial charge in [-0.25, -0.2) is 18.2 Å². The molecule has 0 spiro atoms. The summed E-state index contributed by atoms with van der Waals surface area (Å²) in [7, 11) is 4.22. The SMILES string of the molecule is COc1cc(F)ccc1-c1cn(CCF)c(C)c(C(=O)Cc2ccc(Oc3ccnc4cc(OC)c(OC)nc34)c(F)c2)c1=O. The number of halogens is 3. The van der Waals surface area contributed by atoms with E-state index in [1.807, 2.05) is 0 Å². The Morgan fingerprint density at radius 2 is 1.67 bits per heavy atom. The monoisotopic (exact) mass is 619 g/mol. The van der Waals surface area contributed by atoms with Crippen LogP contribution in [0.2, 0.25) is 0 Å². The first-order valence-corrected chi connectivity index (χ1v) is 13.7. The molecule has 3 aromatic heterocycles. The third kappa shape index (κ3) is 6.17. The minimum Gasteiger partial charge on any atom is -0.496 e. The van der Waals surface area contributed by atoms with E-state index < -0.39 is 29.5 Å². The van der Waals surface area contributed by atoms with Crippen molar-refractivity contribution in [3.63, 3.8) is 0 Å². The van der Waals surface area contributed by atoms with E-state index in [1.54, 1.807) is 6.07 Å². The van der Waals surface area contributed by atoms with Gasteiger partial charge in [-0.05, 0) is 36.8 Å². The van der Waals surface area contributed by atoms with Crippen LogP contribution in [-0.2, 0) is 13.0 Å². The van der Waals surface area contributed by atoms with Crippen molar-refractivity contribution in [3.8, 4) is 40.0 Å². The Labute approximate surface area is 255 Å². The molecule has 0 saturated heterocycles. The van der Waals surface area contributed by atoms with Gasteiger partial charge in [0.1, 0.15) is 23.8 Å². The van der Waals surface area contributed by atoms with Gasteiger partial charge in [0.2, 0.25) is 5.43 Å². The number of hydrogen-bond donors (Lipinski definition) is 0. The number of alkyl halides is 1. The molecule has 0 aliphatic carbocycles. The average Bonchev–Trinajstić information content (AvgIpc) is 3.03. The number of nitrogens with zero attached hydrogens (tertiary/aromatic N) is 3. The lowest BCUT2D eigenvalue weighted by Gasteiger charge is -2.17. The predicted octanol–water partition coefficient (Wildman–Crippen LogP) is 6.26. The molecule has 2 aromatic carbocycles. The Kier molecular flexibility index (Phi) is 9.03. The molecule has 0 radical (unpaired) electrons. The second-order valence-corrected chi connectivity index (χ2v) is 9.90. The summed E-state index contributed by atoms with van der Waals surface area (Å²) < 4.78 is 65.7. The number of rotatable bonds is 11. The quantitative estimate of drug-likeness (QED) is 0.160. The lowest BCUT2D eigenvalue weighted by Crippen LogP contribution is -2.25. The van der Waals surface area contributed by atoms with E-state index >= 15 is 4.39 Å². The topological polar surface area (TPSA) is 102 Å². The highest BCUT2D eigenvalue weighted by atomic mass is 19.1. The first-order valence-electron chi connectivity index (χ1n) is 13.7. The van der Waals surface area contributed by atoms with Gasteiger partial charge in [0.15, 0.2) is 28.8 Å². The highest BCUT2D eigenvalue weighted by Crippen LogP contribution is 2.35. The molecule has 0 fully saturated rings. The van der Waals surface area contributed by atoms with Gasteiger partial charge in [0.25, 0.3) is 5.88 Å². The summed E-state index contributed by atoms with van der Waals surface area (Å²) in [5.41, 5.74) is 0.720. The molecule has 5 aromatic rings. The second kappa shape index (κ2) is 13.1. The molecule has 0 unspecified atom stereocenters. The predicted molar refractivity (Wildman–Crippen MR) is 161 cm³/mol. The number of pyridine rings is 3. The molecule has 9 nitrogen and oxygen atoms in total. The number of fused-ring (bicyclic) bond motifs is 1. The van der Waals surface area contributed by atoms with Crippen LogP contribution in [0, 0.1) is 18.6 Å². The fourth-order valence-corrected chi connectivity index (χ4v) is 5.00. The van der Waals surface area contributed by atoms with Crippen LogP contribution in [0.5, 0.6) is 28.9 Å². The van der Waals surface area contributed by atoms with Gasteiger partial charge >= 0.3 is 0 Å². The summed E-state index contributed by atoms with van der Waals surface area (Å²) in [6.45, 7) is 0.651. The number of ether oxygens (including phenoxy) is 4. The van der Waals surface area contributed by atoms with E-state index in [-0.39, 0.29) is 64.0 Å². The number of carbonyl (C=O) groups is 1. The molecule has 5 rings (SSSR count). The van der Waals surface area contributed by atoms with Gasteiger partial charge in [0.05, 0.1) is 39.0 Å². The van der Waals surface area contributed by atoms with Crippen LogP contribution in [0.15, 0.2) is 65.7 Å². The van der Waals surface area contributed by atoms with Crippen LogP contribution < -0.4 is 24.4 Å². The van der Waals surface area contributed by atoms with Crippen molar-refractivity contribution in [2.45, 2.75) is 19.9 Å². The summed E-state index contributed by atoms with van der Waals surface area (Å²) in [5.74, 6) is -1.24. The molecule has 0 atom stereocenters. The van der Waals surface area contributed by atoms with Gasteiger partial charge in [0, 0.05) is 53.8 Å². The molecule has 0 bridgehead atoms. The van der Waals surface area contributed by atoms with E-state index in [2.05, 4.69) is 9.97 Å². The molecule has 0 aliphatic heterocycles. The number of methoxy groups -OCH3 is 3. The molecule has 0 aliphatic rings. The molecule has 0 N–H and O–H groups in total. The van der Waals surface area contributed by atoms with E-state index in [1.165, 1.54) is 69.5 Å². The maximum atomic E-state index is 15.3. The van der Waals surface area contributed by atoms with E-state index in [0.29, 0.717) is 16.8 Å². The number of ketones is 1. The Hall–Kier alpha value is -5.39. The summed E-state index contributed by atoms with van der Waals surface area (Å²) in [4.78, 5) is 35.8. The Balaban J connectivity index is 1.47. The maximum Gasteiger partial charge on any atom is 0.257 e. The first-order chi connectivity index (χ1) is 21.7. The minimum atomic E-state index is -0.762. The maximum absolute atomic E-state index is 15.3. The van der Waals surface area contributed by atoms with Crippen molar-refractivity contribution in [3.05, 3.63) is 99.6 Å². The Bertz CT molecular complexity index is 1980. The molecule has 232 valence electrons. The molecule has 3 heterocycles. The zero-order valence-corrected chi connectivity index (χ0v) is 24.8. The van der Waals surface area contributed by atoms with Crippen LogP contribution in [0.25, 0.3) is 22.2 Å². The molecular weight excluding hydrogens is 591 g/mol. The molecule has 45 heavy (non-hydrogen) atoms. The van der Waals surface area contributed by atoms with E-state index in [9.17, 15) is 18.4 Å². The highest BCUT2D eigenvalue weighted by Gasteiger charge is 2.23. The molecule has 12 heteroatoms. The van der Waals surface area contributed by atoms with E-state index in [0.717, 1.165) is 18.2 Å². The summed E-state index contributed by atoms with van der Waals surface area (Å²) >= 11 is 0. The van der Waals surface area contributed by atoms with Crippen LogP contribution >= 0.6 is 0 Å². The Morgan fingerprint density at radius 3 is 2.36 bits per heavy atom. The van der Waals surface area contributed by atoms with Gasteiger partial charge in [-0.1, -0.05) is 6.07 Å². The lowest BCUT2D eigenvalue weighted by atomic mass is 9.96. The fraction of sp³-hybridized carbons (Fsp3) is 0.212. The van der Waals surface area contributed by atoms with Gasteiger partial charge in [-0.3, -0.25) is 14.6 Å². The van der Waals surface area contributed by atoms with Gasteiger partial charge in [-0.15, -0.1) is 0 Å². The van der Waals surface area contributed by atoms with Gasteiger partial charge < -0.3 is 23.5 Å². The highest BCUT2D eigenvalue weighted by molar-refractivity contribution is 5.99. The van der Waals surface area contributed by atoms with Crippen LogP contribution in [0.3, 0.4) is 0 Å². The summed E-state index contributed by atoms with van der Waals surface area (Å²) in [6.07, 6.45) is 2.56. The minimum absolute atomic E-state index is 0.0385. The van der Waals surface area contributed by atoms with Crippen LogP contribution in [0.4, 0.5) is 13.2 Å². The zero-order valence-electron chi connectivity index (χ0n) is 24.8. The summed E-state index contributed by atoms with van der Waals surface area (Å²) in [6, 6.07) is 10.8. The third-order valence-corrected chi connectivity index (χ3v) is 7.21. The van der Waals surface area contributed by atoms with Crippen molar-refractivity contribution < 1.29 is 36.9 Å². The van der Waals surface area contributed by atoms with Gasteiger partial charge in [-0.2, -0.15) is 0 Å². The largest absolute Gasteiger partial charge is 0.496 e. The summed E-state index contributed by atoms with van der Waals surface area (Å²) in [5, 5.41) is 0. The smallest absolute Gasteiger partial charge is 0.257 e. The standard InChI is InChI=1S/C33H28F3N3O6/c1-18-30(32(41)22(17-39(18)12-10-34)21-7-6-20(35)15-28(21)42-2)25(40)14-19-5-8-26(23(36)13-19)45-27-9-11-37-24-16-29(43-3)33(44-4)38-31(24)27/h5-9,11,13,15-17H,10,12,14H2,1-4H3. The number of benzene rings is 2. The van der Waals surface area contributed by atoms with Crippen molar-refractivity contribution in [1.82, 2.24) is 14.5 Å². The lowest BCUT2D eigenvalue weighted by molar-refractivity contribution is 0.0990. The Morgan fingerprint density at radius 1 is 0.889 bits per heavy atom. The average molecular weight is 620 g/mol. The normalized spacial score (nSPS) is 11.0. The number of carbonyl (C=O) groups excluding carboxylic acids is 1. The van der Waals surface area contributed by atoms with Crippen molar-refractivity contribution in [2.75, 3.05) is 28.0 Å². The molecule has 0 amide bonds. The number of hydrogen-bond acceptors (Lipinski definition) is 8. The third-order valence-electron chi connectivity index (χ3n) is 7.21. The second-order valence-electron chi connectivity index (χ2n) is 9.90. The first kappa shape index (κ1) is 31.0. The van der Waals surface area contributed by atoms with Crippen molar-refractivity contribution in [2.24, 2.45) is 0 Å². The van der Waals surface area contributed by atoms with Crippen LogP contribution in [0.1, 0.15) is 21.6 Å². The fourth-order valence-electron chi connectivity index (χ4n) is 5.00. The zero-order chi connectivity index (χ0) is 32.2.